The minimum atomic E-state index is -2.10. The molecule has 1 aromatic carbocycles. The lowest BCUT2D eigenvalue weighted by atomic mass is 10.1. The number of amides is 1. The Labute approximate surface area is 112 Å². The summed E-state index contributed by atoms with van der Waals surface area (Å²) in [6.45, 7) is 5.24. The molecule has 1 rings (SSSR count). The fourth-order valence-corrected chi connectivity index (χ4v) is 2.45. The molecule has 0 spiro atoms. The van der Waals surface area contributed by atoms with Gasteiger partial charge in [-0.15, -0.1) is 0 Å². The van der Waals surface area contributed by atoms with E-state index in [0.29, 0.717) is 0 Å². The Kier molecular flexibility index (Phi) is 4.62. The van der Waals surface area contributed by atoms with Gasteiger partial charge in [0.1, 0.15) is 22.3 Å². The maximum Gasteiger partial charge on any atom is 0.233 e. The van der Waals surface area contributed by atoms with E-state index in [2.05, 4.69) is 5.32 Å². The zero-order valence-electron chi connectivity index (χ0n) is 10.9. The molecule has 3 N–H and O–H groups in total. The van der Waals surface area contributed by atoms with Crippen molar-refractivity contribution in [3.05, 3.63) is 23.8 Å². The SMILES string of the molecule is CC(C)(C)NC(=O)CS(=O)c1c(F)cc(N)cc1F. The molecule has 1 unspecified atom stereocenters. The first-order valence-electron chi connectivity index (χ1n) is 5.54. The third-order valence-corrected chi connectivity index (χ3v) is 3.39. The minimum absolute atomic E-state index is 0.102. The highest BCUT2D eigenvalue weighted by Gasteiger charge is 2.21. The van der Waals surface area contributed by atoms with Crippen LogP contribution in [0.3, 0.4) is 0 Å². The maximum atomic E-state index is 13.5. The monoisotopic (exact) mass is 290 g/mol. The van der Waals surface area contributed by atoms with Gasteiger partial charge in [0.05, 0.1) is 10.8 Å². The predicted molar refractivity (Wildman–Crippen MR) is 69.9 cm³/mol. The number of nitrogen functional groups attached to an aromatic ring is 1. The summed E-state index contributed by atoms with van der Waals surface area (Å²) < 4.78 is 38.8. The van der Waals surface area contributed by atoms with E-state index in [4.69, 9.17) is 5.73 Å². The first-order valence-corrected chi connectivity index (χ1v) is 6.86. The molecule has 0 radical (unpaired) electrons. The molecule has 0 saturated carbocycles. The number of carbonyl (C=O) groups is 1. The highest BCUT2D eigenvalue weighted by atomic mass is 32.2. The van der Waals surface area contributed by atoms with Crippen molar-refractivity contribution in [2.75, 3.05) is 11.5 Å². The lowest BCUT2D eigenvalue weighted by Gasteiger charge is -2.20. The Bertz CT molecular complexity index is 504. The van der Waals surface area contributed by atoms with Crippen LogP contribution < -0.4 is 11.1 Å². The summed E-state index contributed by atoms with van der Waals surface area (Å²) in [5.41, 5.74) is 4.65. The molecule has 19 heavy (non-hydrogen) atoms. The van der Waals surface area contributed by atoms with E-state index in [0.717, 1.165) is 12.1 Å². The van der Waals surface area contributed by atoms with Crippen LogP contribution in [-0.2, 0) is 15.6 Å². The molecule has 0 aromatic heterocycles. The van der Waals surface area contributed by atoms with E-state index in [1.807, 2.05) is 0 Å². The highest BCUT2D eigenvalue weighted by molar-refractivity contribution is 7.85. The van der Waals surface area contributed by atoms with Gasteiger partial charge < -0.3 is 11.1 Å². The summed E-state index contributed by atoms with van der Waals surface area (Å²) in [7, 11) is -2.10. The first-order chi connectivity index (χ1) is 8.60. The van der Waals surface area contributed by atoms with Crippen molar-refractivity contribution in [2.24, 2.45) is 0 Å². The summed E-state index contributed by atoms with van der Waals surface area (Å²) in [5, 5.41) is 2.57. The van der Waals surface area contributed by atoms with Gasteiger partial charge in [-0.1, -0.05) is 0 Å². The van der Waals surface area contributed by atoms with Crippen molar-refractivity contribution in [3.8, 4) is 0 Å². The number of carbonyl (C=O) groups excluding carboxylic acids is 1. The van der Waals surface area contributed by atoms with E-state index < -0.39 is 44.5 Å². The zero-order chi connectivity index (χ0) is 14.8. The Balaban J connectivity index is 2.88. The second-order valence-corrected chi connectivity index (χ2v) is 6.49. The number of benzene rings is 1. The van der Waals surface area contributed by atoms with Crippen molar-refractivity contribution in [2.45, 2.75) is 31.2 Å². The lowest BCUT2D eigenvalue weighted by Crippen LogP contribution is -2.42. The molecule has 1 atom stereocenters. The molecule has 7 heteroatoms. The molecule has 0 bridgehead atoms. The van der Waals surface area contributed by atoms with Crippen LogP contribution >= 0.6 is 0 Å². The number of rotatable bonds is 3. The number of anilines is 1. The van der Waals surface area contributed by atoms with Crippen molar-refractivity contribution in [3.63, 3.8) is 0 Å². The van der Waals surface area contributed by atoms with E-state index >= 15 is 0 Å². The summed E-state index contributed by atoms with van der Waals surface area (Å²) >= 11 is 0. The van der Waals surface area contributed by atoms with E-state index in [-0.39, 0.29) is 5.69 Å². The Hall–Kier alpha value is -1.50. The largest absolute Gasteiger partial charge is 0.399 e. The molecule has 1 amide bonds. The molecule has 0 aliphatic rings. The molecule has 0 aliphatic heterocycles. The van der Waals surface area contributed by atoms with Crippen LogP contribution in [-0.4, -0.2) is 21.4 Å². The van der Waals surface area contributed by atoms with Crippen molar-refractivity contribution >= 4 is 22.4 Å². The quantitative estimate of drug-likeness (QED) is 0.830. The van der Waals surface area contributed by atoms with Crippen LogP contribution in [0.15, 0.2) is 17.0 Å². The van der Waals surface area contributed by atoms with Crippen molar-refractivity contribution in [1.82, 2.24) is 5.32 Å². The van der Waals surface area contributed by atoms with Gasteiger partial charge in [-0.25, -0.2) is 8.78 Å². The lowest BCUT2D eigenvalue weighted by molar-refractivity contribution is -0.119. The van der Waals surface area contributed by atoms with Gasteiger partial charge in [-0.3, -0.25) is 9.00 Å². The van der Waals surface area contributed by atoms with Gasteiger partial charge in [0, 0.05) is 11.2 Å². The molecule has 0 aliphatic carbocycles. The van der Waals surface area contributed by atoms with Crippen LogP contribution in [0.1, 0.15) is 20.8 Å². The summed E-state index contributed by atoms with van der Waals surface area (Å²) in [6, 6.07) is 1.75. The third kappa shape index (κ3) is 4.59. The molecule has 0 heterocycles. The van der Waals surface area contributed by atoms with Crippen LogP contribution in [0.4, 0.5) is 14.5 Å². The van der Waals surface area contributed by atoms with E-state index in [9.17, 15) is 17.8 Å². The van der Waals surface area contributed by atoms with Crippen LogP contribution in [0, 0.1) is 11.6 Å². The van der Waals surface area contributed by atoms with Gasteiger partial charge in [0.2, 0.25) is 5.91 Å². The molecule has 0 fully saturated rings. The van der Waals surface area contributed by atoms with Gasteiger partial charge in [-0.2, -0.15) is 0 Å². The number of hydrogen-bond donors (Lipinski definition) is 2. The number of nitrogens with one attached hydrogen (secondary N) is 1. The Morgan fingerprint density at radius 3 is 2.21 bits per heavy atom. The number of hydrogen-bond acceptors (Lipinski definition) is 3. The zero-order valence-corrected chi connectivity index (χ0v) is 11.7. The normalized spacial score (nSPS) is 13.1. The van der Waals surface area contributed by atoms with Gasteiger partial charge in [0.15, 0.2) is 0 Å². The third-order valence-electron chi connectivity index (χ3n) is 2.02. The topological polar surface area (TPSA) is 72.2 Å². The average Bonchev–Trinajstić information content (AvgIpc) is 2.10. The second-order valence-electron chi connectivity index (χ2n) is 5.10. The summed E-state index contributed by atoms with van der Waals surface area (Å²) in [5.74, 6) is -3.07. The van der Waals surface area contributed by atoms with Crippen molar-refractivity contribution in [1.29, 1.82) is 0 Å². The highest BCUT2D eigenvalue weighted by Crippen LogP contribution is 2.20. The number of halogens is 2. The van der Waals surface area contributed by atoms with Gasteiger partial charge in [-0.05, 0) is 32.9 Å². The second kappa shape index (κ2) is 5.64. The molecular formula is C12H16F2N2O2S. The predicted octanol–water partition coefficient (Wildman–Crippen LogP) is 1.57. The van der Waals surface area contributed by atoms with Crippen molar-refractivity contribution < 1.29 is 17.8 Å². The van der Waals surface area contributed by atoms with Gasteiger partial charge >= 0.3 is 0 Å². The standard InChI is InChI=1S/C12H16F2N2O2S/c1-12(2,3)16-10(17)6-19(18)11-8(13)4-7(15)5-9(11)14/h4-5H,6,15H2,1-3H3,(H,16,17). The fourth-order valence-electron chi connectivity index (χ4n) is 1.44. The van der Waals surface area contributed by atoms with Gasteiger partial charge in [0.25, 0.3) is 0 Å². The van der Waals surface area contributed by atoms with Crippen LogP contribution in [0.5, 0.6) is 0 Å². The molecule has 1 aromatic rings. The smallest absolute Gasteiger partial charge is 0.233 e. The Morgan fingerprint density at radius 2 is 1.79 bits per heavy atom. The maximum absolute atomic E-state index is 13.5. The molecule has 4 nitrogen and oxygen atoms in total. The minimum Gasteiger partial charge on any atom is -0.399 e. The molecule has 0 saturated heterocycles. The van der Waals surface area contributed by atoms with E-state index in [1.54, 1.807) is 20.8 Å². The average molecular weight is 290 g/mol. The Morgan fingerprint density at radius 1 is 1.32 bits per heavy atom. The van der Waals surface area contributed by atoms with Crippen LogP contribution in [0.2, 0.25) is 0 Å². The molecule has 106 valence electrons. The number of nitrogens with two attached hydrogens (primary N) is 1. The summed E-state index contributed by atoms with van der Waals surface area (Å²) in [4.78, 5) is 10.9. The fraction of sp³-hybridized carbons (Fsp3) is 0.417. The summed E-state index contributed by atoms with van der Waals surface area (Å²) in [6.07, 6.45) is 0. The van der Waals surface area contributed by atoms with E-state index in [1.165, 1.54) is 0 Å². The first kappa shape index (κ1) is 15.6. The molecular weight excluding hydrogens is 274 g/mol. The van der Waals surface area contributed by atoms with Crippen LogP contribution in [0.25, 0.3) is 0 Å².